The molecule has 1 fully saturated rings. The number of nitrogens with zero attached hydrogens (tertiary/aromatic N) is 1. The van der Waals surface area contributed by atoms with Gasteiger partial charge in [-0.05, 0) is 55.7 Å². The van der Waals surface area contributed by atoms with Crippen LogP contribution in [0.4, 0.5) is 5.69 Å². The second kappa shape index (κ2) is 8.80. The zero-order chi connectivity index (χ0) is 23.9. The molecule has 0 bridgehead atoms. The molecule has 180 valence electrons. The molecule has 3 heterocycles. The van der Waals surface area contributed by atoms with E-state index in [1.54, 1.807) is 13.0 Å². The van der Waals surface area contributed by atoms with Gasteiger partial charge in [0.2, 0.25) is 22.7 Å². The second-order valence-electron chi connectivity index (χ2n) is 8.49. The van der Waals surface area contributed by atoms with Crippen LogP contribution in [-0.2, 0) is 26.2 Å². The normalized spacial score (nSPS) is 20.3. The highest BCUT2D eigenvalue weighted by Crippen LogP contribution is 2.34. The second-order valence-corrected chi connectivity index (χ2v) is 10.4. The number of ether oxygens (including phenoxy) is 3. The van der Waals surface area contributed by atoms with Gasteiger partial charge in [-0.3, -0.25) is 9.59 Å². The van der Waals surface area contributed by atoms with Crippen LogP contribution >= 0.6 is 0 Å². The highest BCUT2D eigenvalue weighted by molar-refractivity contribution is 7.89. The van der Waals surface area contributed by atoms with Crippen LogP contribution in [0.1, 0.15) is 25.3 Å². The Balaban J connectivity index is 1.18. The summed E-state index contributed by atoms with van der Waals surface area (Å²) in [5, 5.41) is 5.60. The van der Waals surface area contributed by atoms with Gasteiger partial charge < -0.3 is 24.8 Å². The first-order valence-electron chi connectivity index (χ1n) is 11.1. The van der Waals surface area contributed by atoms with Gasteiger partial charge in [0, 0.05) is 25.6 Å². The van der Waals surface area contributed by atoms with Gasteiger partial charge in [-0.25, -0.2) is 8.42 Å². The maximum Gasteiger partial charge on any atom is 0.265 e. The van der Waals surface area contributed by atoms with Crippen molar-refractivity contribution in [2.45, 2.75) is 37.3 Å². The van der Waals surface area contributed by atoms with Gasteiger partial charge in [-0.15, -0.1) is 0 Å². The number of fused-ring (bicyclic) bond motifs is 2. The number of piperidine rings is 1. The Hall–Kier alpha value is -3.31. The molecule has 3 aliphatic heterocycles. The van der Waals surface area contributed by atoms with Gasteiger partial charge in [-0.1, -0.05) is 6.07 Å². The van der Waals surface area contributed by atoms with E-state index in [9.17, 15) is 18.0 Å². The lowest BCUT2D eigenvalue weighted by Gasteiger charge is -2.31. The number of benzene rings is 2. The number of hydrogen-bond acceptors (Lipinski definition) is 7. The van der Waals surface area contributed by atoms with Crippen molar-refractivity contribution in [3.63, 3.8) is 0 Å². The van der Waals surface area contributed by atoms with Gasteiger partial charge in [0.1, 0.15) is 5.75 Å². The first-order chi connectivity index (χ1) is 16.3. The van der Waals surface area contributed by atoms with Crippen LogP contribution in [0.5, 0.6) is 17.2 Å². The average Bonchev–Trinajstić information content (AvgIpc) is 3.31. The fraction of sp³-hybridized carbons (Fsp3) is 0.391. The van der Waals surface area contributed by atoms with Crippen LogP contribution < -0.4 is 24.8 Å². The summed E-state index contributed by atoms with van der Waals surface area (Å²) in [4.78, 5) is 24.6. The predicted octanol–water partition coefficient (Wildman–Crippen LogP) is 1.85. The molecule has 2 aromatic carbocycles. The van der Waals surface area contributed by atoms with Crippen molar-refractivity contribution in [2.75, 3.05) is 25.2 Å². The lowest BCUT2D eigenvalue weighted by molar-refractivity contribution is -0.126. The summed E-state index contributed by atoms with van der Waals surface area (Å²) in [6.45, 7) is 2.65. The molecule has 3 aliphatic rings. The number of amides is 2. The molecule has 2 aromatic rings. The lowest BCUT2D eigenvalue weighted by Crippen LogP contribution is -2.43. The predicted molar refractivity (Wildman–Crippen MR) is 121 cm³/mol. The minimum absolute atomic E-state index is 0.0791. The summed E-state index contributed by atoms with van der Waals surface area (Å²) < 4.78 is 43.8. The van der Waals surface area contributed by atoms with E-state index in [2.05, 4.69) is 10.6 Å². The Morgan fingerprint density at radius 2 is 1.82 bits per heavy atom. The molecule has 0 saturated carbocycles. The van der Waals surface area contributed by atoms with Gasteiger partial charge in [-0.2, -0.15) is 4.31 Å². The van der Waals surface area contributed by atoms with E-state index in [0.29, 0.717) is 42.3 Å². The van der Waals surface area contributed by atoms with E-state index >= 15 is 0 Å². The summed E-state index contributed by atoms with van der Waals surface area (Å²) in [6, 6.07) is 9.96. The highest BCUT2D eigenvalue weighted by atomic mass is 32.2. The molecule has 1 saturated heterocycles. The fourth-order valence-electron chi connectivity index (χ4n) is 4.24. The van der Waals surface area contributed by atoms with E-state index in [1.807, 2.05) is 18.2 Å². The molecular weight excluding hydrogens is 462 g/mol. The van der Waals surface area contributed by atoms with Crippen molar-refractivity contribution < 1.29 is 32.2 Å². The minimum Gasteiger partial charge on any atom is -0.479 e. The third-order valence-electron chi connectivity index (χ3n) is 6.25. The topological polar surface area (TPSA) is 123 Å². The molecule has 0 spiro atoms. The smallest absolute Gasteiger partial charge is 0.265 e. The number of nitrogens with one attached hydrogen (secondary N) is 2. The summed E-state index contributed by atoms with van der Waals surface area (Å²) in [5.41, 5.74) is 1.23. The van der Waals surface area contributed by atoms with Crippen LogP contribution in [-0.4, -0.2) is 50.5 Å². The maximum absolute atomic E-state index is 13.1. The van der Waals surface area contributed by atoms with Gasteiger partial charge >= 0.3 is 0 Å². The van der Waals surface area contributed by atoms with Crippen LogP contribution in [0.3, 0.4) is 0 Å². The molecule has 0 aliphatic carbocycles. The van der Waals surface area contributed by atoms with Crippen molar-refractivity contribution in [3.05, 3.63) is 42.0 Å². The number of carbonyl (C=O) groups is 2. The largest absolute Gasteiger partial charge is 0.479 e. The zero-order valence-electron chi connectivity index (χ0n) is 18.6. The minimum atomic E-state index is -3.77. The molecule has 5 rings (SSSR count). The van der Waals surface area contributed by atoms with Crippen molar-refractivity contribution >= 4 is 27.5 Å². The van der Waals surface area contributed by atoms with Crippen LogP contribution in [0, 0.1) is 5.92 Å². The van der Waals surface area contributed by atoms with E-state index in [0.717, 1.165) is 5.56 Å². The molecule has 1 atom stereocenters. The molecule has 10 nitrogen and oxygen atoms in total. The monoisotopic (exact) mass is 487 g/mol. The third-order valence-corrected chi connectivity index (χ3v) is 8.14. The molecule has 0 aromatic heterocycles. The van der Waals surface area contributed by atoms with E-state index in [-0.39, 0.29) is 42.5 Å². The van der Waals surface area contributed by atoms with Crippen molar-refractivity contribution in [1.29, 1.82) is 0 Å². The number of carbonyl (C=O) groups excluding carboxylic acids is 2. The summed E-state index contributed by atoms with van der Waals surface area (Å²) in [6.07, 6.45) is 0.216. The Bertz CT molecular complexity index is 1240. The van der Waals surface area contributed by atoms with Crippen LogP contribution in [0.2, 0.25) is 0 Å². The molecule has 11 heteroatoms. The molecule has 2 amide bonds. The molecular formula is C23H25N3O7S. The van der Waals surface area contributed by atoms with E-state index in [1.165, 1.54) is 16.4 Å². The SMILES string of the molecule is CC1Oc2ccc(S(=O)(=O)N3CCC(C(=O)NCc4ccc5c(c4)OCO5)CC3)cc2NC1=O. The Kier molecular flexibility index (Phi) is 5.82. The Morgan fingerprint density at radius 3 is 2.62 bits per heavy atom. The van der Waals surface area contributed by atoms with Crippen LogP contribution in [0.25, 0.3) is 0 Å². The number of hydrogen-bond donors (Lipinski definition) is 2. The highest BCUT2D eigenvalue weighted by Gasteiger charge is 2.33. The van der Waals surface area contributed by atoms with E-state index < -0.39 is 16.1 Å². The van der Waals surface area contributed by atoms with E-state index in [4.69, 9.17) is 14.2 Å². The number of rotatable bonds is 5. The Morgan fingerprint density at radius 1 is 1.09 bits per heavy atom. The number of sulfonamides is 1. The molecule has 0 radical (unpaired) electrons. The standard InChI is InChI=1S/C23H25N3O7S/c1-14-22(27)25-18-11-17(3-5-19(18)33-14)34(29,30)26-8-6-16(7-9-26)23(28)24-12-15-2-4-20-21(10-15)32-13-31-20/h2-5,10-11,14,16H,6-9,12-13H2,1H3,(H,24,28)(H,25,27). The summed E-state index contributed by atoms with van der Waals surface area (Å²) in [7, 11) is -3.77. The van der Waals surface area contributed by atoms with Gasteiger partial charge in [0.25, 0.3) is 5.91 Å². The van der Waals surface area contributed by atoms with Crippen LogP contribution in [0.15, 0.2) is 41.3 Å². The van der Waals surface area contributed by atoms with Gasteiger partial charge in [0.05, 0.1) is 10.6 Å². The summed E-state index contributed by atoms with van der Waals surface area (Å²) >= 11 is 0. The molecule has 34 heavy (non-hydrogen) atoms. The van der Waals surface area contributed by atoms with Crippen molar-refractivity contribution in [1.82, 2.24) is 9.62 Å². The average molecular weight is 488 g/mol. The van der Waals surface area contributed by atoms with Crippen molar-refractivity contribution in [3.8, 4) is 17.2 Å². The lowest BCUT2D eigenvalue weighted by atomic mass is 9.97. The maximum atomic E-state index is 13.1. The first kappa shape index (κ1) is 22.5. The summed E-state index contributed by atoms with van der Waals surface area (Å²) in [5.74, 6) is 1.09. The first-order valence-corrected chi connectivity index (χ1v) is 12.5. The third kappa shape index (κ3) is 4.28. The zero-order valence-corrected chi connectivity index (χ0v) is 19.4. The quantitative estimate of drug-likeness (QED) is 0.660. The van der Waals surface area contributed by atoms with Crippen molar-refractivity contribution in [2.24, 2.45) is 5.92 Å². The molecule has 1 unspecified atom stereocenters. The fourth-order valence-corrected chi connectivity index (χ4v) is 5.74. The number of anilines is 1. The van der Waals surface area contributed by atoms with Gasteiger partial charge in [0.15, 0.2) is 17.6 Å². The Labute approximate surface area is 197 Å². The molecule has 2 N–H and O–H groups in total.